The van der Waals surface area contributed by atoms with Crippen LogP contribution in [0, 0.1) is 5.92 Å². The standard InChI is InChI=1S/C33H42N6O5S/c1-32(2,3)26-17-15-23-30(36-26)39-20-21(19-33(39,4)5)13-16-25(24-10-7-9-22(34-24)14-18-29(40)44-6)35-27-11-8-12-28(37-27)45(42,43)38-31(23)41/h7-12,15,17,21,25H,13-14,16,18-20H2,1-6H3,(H,35,37)(H,38,41)/t21-,25+/m0/s1. The molecule has 3 aromatic heterocycles. The van der Waals surface area contributed by atoms with Crippen molar-refractivity contribution in [2.75, 3.05) is 23.9 Å². The number of ether oxygens (including phenoxy) is 1. The number of carbonyl (C=O) groups is 2. The molecule has 3 aromatic rings. The SMILES string of the molecule is COC(=O)CCc1cccc([C@H]2CC[C@@H]3CN(c4nc(C(C)(C)C)ccc4C(=O)NS(=O)(=O)c4cccc(n4)N2)C(C)(C)C3)n1. The van der Waals surface area contributed by atoms with Gasteiger partial charge in [0.15, 0.2) is 5.03 Å². The fraction of sp³-hybridized carbons (Fsp3) is 0.485. The lowest BCUT2D eigenvalue weighted by atomic mass is 9.90. The van der Waals surface area contributed by atoms with E-state index in [0.717, 1.165) is 29.9 Å². The summed E-state index contributed by atoms with van der Waals surface area (Å²) in [6.45, 7) is 11.1. The summed E-state index contributed by atoms with van der Waals surface area (Å²) in [6.07, 6.45) is 3.05. The number of hydrogen-bond acceptors (Lipinski definition) is 10. The molecule has 1 fully saturated rings. The number of aromatic nitrogens is 3. The Balaban J connectivity index is 1.57. The third kappa shape index (κ3) is 7.27. The first-order chi connectivity index (χ1) is 21.2. The van der Waals surface area contributed by atoms with Gasteiger partial charge >= 0.3 is 5.97 Å². The third-order valence-corrected chi connectivity index (χ3v) is 9.75. The Morgan fingerprint density at radius 1 is 1.04 bits per heavy atom. The van der Waals surface area contributed by atoms with Crippen LogP contribution in [0.3, 0.4) is 0 Å². The molecule has 45 heavy (non-hydrogen) atoms. The molecule has 4 bridgehead atoms. The van der Waals surface area contributed by atoms with Crippen molar-refractivity contribution in [3.05, 3.63) is 71.2 Å². The number of esters is 1. The van der Waals surface area contributed by atoms with E-state index in [0.29, 0.717) is 31.0 Å². The minimum absolute atomic E-state index is 0.204. The normalized spacial score (nSPS) is 21.0. The van der Waals surface area contributed by atoms with Gasteiger partial charge in [-0.05, 0) is 75.4 Å². The summed E-state index contributed by atoms with van der Waals surface area (Å²) in [6, 6.07) is 13.5. The Kier molecular flexibility index (Phi) is 8.90. The summed E-state index contributed by atoms with van der Waals surface area (Å²) >= 11 is 0. The molecule has 2 N–H and O–H groups in total. The molecule has 0 aromatic carbocycles. The molecule has 0 aliphatic carbocycles. The number of aryl methyl sites for hydroxylation is 1. The van der Waals surface area contributed by atoms with Crippen molar-refractivity contribution in [3.63, 3.8) is 0 Å². The maximum absolute atomic E-state index is 13.6. The molecular formula is C33H42N6O5S. The van der Waals surface area contributed by atoms with Crippen LogP contribution in [0.25, 0.3) is 0 Å². The van der Waals surface area contributed by atoms with Gasteiger partial charge in [0.2, 0.25) is 0 Å². The number of nitrogens with zero attached hydrogens (tertiary/aromatic N) is 4. The Labute approximate surface area is 265 Å². The molecule has 240 valence electrons. The van der Waals surface area contributed by atoms with Crippen LogP contribution >= 0.6 is 0 Å². The van der Waals surface area contributed by atoms with Gasteiger partial charge in [0.25, 0.3) is 15.9 Å². The van der Waals surface area contributed by atoms with Gasteiger partial charge in [-0.3, -0.25) is 14.6 Å². The first-order valence-electron chi connectivity index (χ1n) is 15.3. The highest BCUT2D eigenvalue weighted by molar-refractivity contribution is 7.90. The molecule has 12 heteroatoms. The number of pyridine rings is 3. The number of sulfonamides is 1. The average Bonchev–Trinajstić information content (AvgIpc) is 3.30. The van der Waals surface area contributed by atoms with Crippen molar-refractivity contribution in [1.82, 2.24) is 19.7 Å². The summed E-state index contributed by atoms with van der Waals surface area (Å²) in [5.74, 6) is 0.0442. The molecule has 0 radical (unpaired) electrons. The molecule has 5 heterocycles. The van der Waals surface area contributed by atoms with E-state index in [2.05, 4.69) is 54.5 Å². The third-order valence-electron chi connectivity index (χ3n) is 8.51. The van der Waals surface area contributed by atoms with Crippen LogP contribution in [-0.4, -0.2) is 54.4 Å². The van der Waals surface area contributed by atoms with Gasteiger partial charge in [-0.2, -0.15) is 8.42 Å². The fourth-order valence-corrected chi connectivity index (χ4v) is 7.05. The molecule has 1 amide bonds. The monoisotopic (exact) mass is 634 g/mol. The summed E-state index contributed by atoms with van der Waals surface area (Å²) < 4.78 is 34.0. The zero-order valence-corrected chi connectivity index (χ0v) is 27.6. The van der Waals surface area contributed by atoms with Crippen molar-refractivity contribution in [2.24, 2.45) is 5.92 Å². The second-order valence-electron chi connectivity index (χ2n) is 13.5. The van der Waals surface area contributed by atoms with Crippen LogP contribution in [0.2, 0.25) is 0 Å². The predicted octanol–water partition coefficient (Wildman–Crippen LogP) is 4.95. The summed E-state index contributed by atoms with van der Waals surface area (Å²) in [5, 5.41) is 3.13. The minimum Gasteiger partial charge on any atom is -0.469 e. The highest BCUT2D eigenvalue weighted by Gasteiger charge is 2.41. The maximum Gasteiger partial charge on any atom is 0.305 e. The van der Waals surface area contributed by atoms with Crippen LogP contribution < -0.4 is 14.9 Å². The van der Waals surface area contributed by atoms with Gasteiger partial charge in [0.1, 0.15) is 11.6 Å². The molecule has 11 nitrogen and oxygen atoms in total. The largest absolute Gasteiger partial charge is 0.469 e. The van der Waals surface area contributed by atoms with E-state index in [-0.39, 0.29) is 45.9 Å². The lowest BCUT2D eigenvalue weighted by molar-refractivity contribution is -0.140. The van der Waals surface area contributed by atoms with Crippen molar-refractivity contribution in [1.29, 1.82) is 0 Å². The zero-order valence-electron chi connectivity index (χ0n) is 26.8. The van der Waals surface area contributed by atoms with E-state index in [1.165, 1.54) is 13.2 Å². The Morgan fingerprint density at radius 2 is 1.80 bits per heavy atom. The number of hydrogen-bond donors (Lipinski definition) is 2. The number of amides is 1. The Hall–Kier alpha value is -4.06. The Morgan fingerprint density at radius 3 is 2.53 bits per heavy atom. The highest BCUT2D eigenvalue weighted by Crippen LogP contribution is 2.41. The van der Waals surface area contributed by atoms with E-state index in [9.17, 15) is 18.0 Å². The molecule has 2 atom stereocenters. The van der Waals surface area contributed by atoms with Crippen LogP contribution in [-0.2, 0) is 31.4 Å². The van der Waals surface area contributed by atoms with Crippen LogP contribution in [0.1, 0.15) is 93.8 Å². The number of carbonyl (C=O) groups excluding carboxylic acids is 2. The highest BCUT2D eigenvalue weighted by atomic mass is 32.2. The molecule has 2 aliphatic heterocycles. The smallest absolute Gasteiger partial charge is 0.305 e. The molecule has 0 unspecified atom stereocenters. The number of methoxy groups -OCH3 is 1. The first-order valence-corrected chi connectivity index (χ1v) is 16.8. The van der Waals surface area contributed by atoms with Crippen LogP contribution in [0.15, 0.2) is 53.6 Å². The lowest BCUT2D eigenvalue weighted by Crippen LogP contribution is -2.41. The van der Waals surface area contributed by atoms with E-state index in [1.54, 1.807) is 24.3 Å². The lowest BCUT2D eigenvalue weighted by Gasteiger charge is -2.34. The number of nitrogens with one attached hydrogen (secondary N) is 2. The summed E-state index contributed by atoms with van der Waals surface area (Å²) in [4.78, 5) is 41.8. The van der Waals surface area contributed by atoms with Crippen molar-refractivity contribution in [3.8, 4) is 0 Å². The molecule has 2 aliphatic rings. The fourth-order valence-electron chi connectivity index (χ4n) is 6.11. The minimum atomic E-state index is -4.32. The average molecular weight is 635 g/mol. The number of anilines is 2. The number of fused-ring (bicyclic) bond motifs is 6. The molecule has 0 saturated carbocycles. The summed E-state index contributed by atoms with van der Waals surface area (Å²) in [5.41, 5.74) is 1.93. The number of rotatable bonds is 4. The van der Waals surface area contributed by atoms with Crippen LogP contribution in [0.4, 0.5) is 11.6 Å². The van der Waals surface area contributed by atoms with Gasteiger partial charge < -0.3 is 15.0 Å². The quantitative estimate of drug-likeness (QED) is 0.379. The topological polar surface area (TPSA) is 143 Å². The van der Waals surface area contributed by atoms with Crippen molar-refractivity contribution >= 4 is 33.5 Å². The van der Waals surface area contributed by atoms with Gasteiger partial charge in [-0.15, -0.1) is 0 Å². The second-order valence-corrected chi connectivity index (χ2v) is 15.1. The Bertz CT molecular complexity index is 1700. The van der Waals surface area contributed by atoms with E-state index < -0.39 is 15.9 Å². The summed E-state index contributed by atoms with van der Waals surface area (Å²) in [7, 11) is -2.95. The van der Waals surface area contributed by atoms with E-state index in [1.807, 2.05) is 18.2 Å². The molecule has 0 spiro atoms. The van der Waals surface area contributed by atoms with Gasteiger partial charge in [0.05, 0.1) is 30.8 Å². The van der Waals surface area contributed by atoms with Gasteiger partial charge in [-0.25, -0.2) is 14.7 Å². The van der Waals surface area contributed by atoms with Gasteiger partial charge in [0, 0.05) is 35.3 Å². The second kappa shape index (κ2) is 12.4. The van der Waals surface area contributed by atoms with E-state index >= 15 is 0 Å². The van der Waals surface area contributed by atoms with Crippen molar-refractivity contribution < 1.29 is 22.7 Å². The zero-order chi connectivity index (χ0) is 32.6. The predicted molar refractivity (Wildman–Crippen MR) is 172 cm³/mol. The molecule has 5 rings (SSSR count). The first kappa shape index (κ1) is 32.3. The van der Waals surface area contributed by atoms with E-state index in [4.69, 9.17) is 14.7 Å². The molecular weight excluding hydrogens is 592 g/mol. The maximum atomic E-state index is 13.6. The van der Waals surface area contributed by atoms with Crippen molar-refractivity contribution in [2.45, 2.75) is 88.7 Å². The molecule has 1 saturated heterocycles. The van der Waals surface area contributed by atoms with Gasteiger partial charge in [-0.1, -0.05) is 32.9 Å². The van der Waals surface area contributed by atoms with Crippen LogP contribution in [0.5, 0.6) is 0 Å².